The highest BCUT2D eigenvalue weighted by Gasteiger charge is 2.66. The molecule has 2 saturated carbocycles. The van der Waals surface area contributed by atoms with Crippen molar-refractivity contribution in [1.82, 2.24) is 0 Å². The van der Waals surface area contributed by atoms with Gasteiger partial charge in [0, 0.05) is 12.5 Å². The lowest BCUT2D eigenvalue weighted by Gasteiger charge is -2.47. The van der Waals surface area contributed by atoms with Gasteiger partial charge in [0.2, 0.25) is 0 Å². The van der Waals surface area contributed by atoms with Crippen LogP contribution in [0.4, 0.5) is 0 Å². The van der Waals surface area contributed by atoms with Gasteiger partial charge in [0.05, 0.1) is 11.9 Å². The van der Waals surface area contributed by atoms with Crippen LogP contribution >= 0.6 is 7.05 Å². The Morgan fingerprint density at radius 3 is 2.31 bits per heavy atom. The lowest BCUT2D eigenvalue weighted by Crippen LogP contribution is -2.52. The summed E-state index contributed by atoms with van der Waals surface area (Å²) in [4.78, 5) is 0. The maximum absolute atomic E-state index is 14.0. The molecule has 7 heteroatoms. The number of hydrogen-bond donors (Lipinski definition) is 0. The van der Waals surface area contributed by atoms with E-state index in [1.165, 1.54) is 0 Å². The summed E-state index contributed by atoms with van der Waals surface area (Å²) in [5, 5.41) is 1.20. The standard InChI is InChI=1S/C28H50NO3PSSi/c1-10-11-15-20-33(7,24-16-13-12-14-17-24)29-34(30,31)22-28-19-18-23(27(28,5)6)21-25(28)32-35(8,9)26(2,3)4/h12-14,16-17,23,25H,10-11,15,18-22H2,1-9H3. The fourth-order valence-electron chi connectivity index (χ4n) is 6.30. The zero-order chi connectivity index (χ0) is 26.3. The van der Waals surface area contributed by atoms with E-state index in [4.69, 9.17) is 8.58 Å². The largest absolute Gasteiger partial charge is 0.413 e. The van der Waals surface area contributed by atoms with Gasteiger partial charge in [0.25, 0.3) is 10.0 Å². The lowest BCUT2D eigenvalue weighted by atomic mass is 9.70. The second-order valence-corrected chi connectivity index (χ2v) is 23.5. The molecule has 2 aliphatic carbocycles. The van der Waals surface area contributed by atoms with Crippen molar-refractivity contribution in [3.8, 4) is 0 Å². The van der Waals surface area contributed by atoms with Gasteiger partial charge in [-0.25, -0.2) is 8.42 Å². The van der Waals surface area contributed by atoms with Crippen molar-refractivity contribution in [2.45, 2.75) is 104 Å². The molecule has 0 spiro atoms. The Hall–Kier alpha value is -0.423. The van der Waals surface area contributed by atoms with Gasteiger partial charge in [-0.2, -0.15) is 4.15 Å². The number of fused-ring (bicyclic) bond motifs is 2. The van der Waals surface area contributed by atoms with Gasteiger partial charge in [0.15, 0.2) is 8.32 Å². The molecule has 2 aliphatic rings. The third-order valence-corrected chi connectivity index (χ3v) is 20.3. The fourth-order valence-corrected chi connectivity index (χ4v) is 14.1. The Morgan fingerprint density at radius 2 is 1.77 bits per heavy atom. The number of hydrogen-bond acceptors (Lipinski definition) is 3. The second-order valence-electron chi connectivity index (χ2n) is 13.4. The number of benzene rings is 1. The third-order valence-electron chi connectivity index (χ3n) is 9.85. The molecule has 4 atom stereocenters. The predicted octanol–water partition coefficient (Wildman–Crippen LogP) is 7.88. The minimum atomic E-state index is -3.64. The maximum atomic E-state index is 14.0. The molecule has 0 amide bonds. The minimum absolute atomic E-state index is 0.00326. The molecule has 200 valence electrons. The van der Waals surface area contributed by atoms with Gasteiger partial charge in [0.1, 0.15) is 0 Å². The van der Waals surface area contributed by atoms with Gasteiger partial charge >= 0.3 is 0 Å². The average molecular weight is 540 g/mol. The number of sulfonamides is 1. The smallest absolute Gasteiger partial charge is 0.252 e. The van der Waals surface area contributed by atoms with Crippen molar-refractivity contribution in [2.24, 2.45) is 20.9 Å². The quantitative estimate of drug-likeness (QED) is 0.173. The van der Waals surface area contributed by atoms with Crippen molar-refractivity contribution in [1.29, 1.82) is 0 Å². The molecule has 2 bridgehead atoms. The van der Waals surface area contributed by atoms with Crippen molar-refractivity contribution in [3.05, 3.63) is 30.3 Å². The Kier molecular flexibility index (Phi) is 8.36. The molecule has 1 aromatic carbocycles. The van der Waals surface area contributed by atoms with Crippen molar-refractivity contribution in [2.75, 3.05) is 18.6 Å². The molecule has 3 rings (SSSR count). The van der Waals surface area contributed by atoms with Gasteiger partial charge in [-0.15, -0.1) is 0 Å². The van der Waals surface area contributed by atoms with E-state index in [2.05, 4.69) is 73.4 Å². The predicted molar refractivity (Wildman–Crippen MR) is 155 cm³/mol. The summed E-state index contributed by atoms with van der Waals surface area (Å²) in [5.74, 6) is 0.645. The number of unbranched alkanes of at least 4 members (excludes halogenated alkanes) is 2. The highest BCUT2D eigenvalue weighted by atomic mass is 32.2. The fraction of sp³-hybridized carbons (Fsp3) is 0.786. The topological polar surface area (TPSA) is 55.7 Å². The molecule has 0 saturated heterocycles. The van der Waals surface area contributed by atoms with Crippen LogP contribution in [0.15, 0.2) is 34.5 Å². The van der Waals surface area contributed by atoms with Crippen LogP contribution < -0.4 is 5.30 Å². The van der Waals surface area contributed by atoms with E-state index >= 15 is 0 Å². The number of rotatable bonds is 10. The molecule has 4 nitrogen and oxygen atoms in total. The van der Waals surface area contributed by atoms with E-state index in [9.17, 15) is 8.42 Å². The van der Waals surface area contributed by atoms with E-state index in [0.29, 0.717) is 5.92 Å². The summed E-state index contributed by atoms with van der Waals surface area (Å²) in [6.45, 7) is 20.3. The van der Waals surface area contributed by atoms with Crippen LogP contribution in [0.1, 0.15) is 80.1 Å². The molecule has 4 unspecified atom stereocenters. The number of nitrogens with zero attached hydrogens (tertiary/aromatic N) is 1. The normalized spacial score (nSPS) is 28.1. The minimum Gasteiger partial charge on any atom is -0.413 e. The van der Waals surface area contributed by atoms with E-state index in [1.54, 1.807) is 0 Å². The monoisotopic (exact) mass is 539 g/mol. The molecule has 0 heterocycles. The molecule has 0 N–H and O–H groups in total. The van der Waals surface area contributed by atoms with Gasteiger partial charge in [-0.1, -0.05) is 84.7 Å². The molecule has 0 radical (unpaired) electrons. The van der Waals surface area contributed by atoms with Crippen LogP contribution in [0.5, 0.6) is 0 Å². The van der Waals surface area contributed by atoms with Crippen molar-refractivity contribution >= 4 is 30.7 Å². The van der Waals surface area contributed by atoms with Crippen LogP contribution in [0.2, 0.25) is 18.1 Å². The Bertz CT molecular complexity index is 1050. The van der Waals surface area contributed by atoms with Crippen molar-refractivity contribution in [3.63, 3.8) is 0 Å². The molecule has 0 aromatic heterocycles. The Balaban J connectivity index is 2.01. The summed E-state index contributed by atoms with van der Waals surface area (Å²) in [7, 11) is -7.85. The van der Waals surface area contributed by atoms with Crippen LogP contribution in [0, 0.1) is 16.7 Å². The van der Waals surface area contributed by atoms with Crippen LogP contribution in [-0.2, 0) is 14.4 Å². The molecule has 2 fully saturated rings. The van der Waals surface area contributed by atoms with Crippen molar-refractivity contribution < 1.29 is 12.8 Å². The Labute approximate surface area is 217 Å². The SMILES string of the molecule is CCCCCP(C)(=NS(=O)(=O)CC12CCC(CC1O[Si](C)(C)C(C)(C)C)C2(C)C)c1ccccc1. The highest BCUT2D eigenvalue weighted by Crippen LogP contribution is 2.68. The highest BCUT2D eigenvalue weighted by molar-refractivity contribution is 7.95. The first-order chi connectivity index (χ1) is 16.0. The maximum Gasteiger partial charge on any atom is 0.252 e. The molecule has 0 aliphatic heterocycles. The van der Waals surface area contributed by atoms with E-state index < -0.39 is 25.4 Å². The molecule has 1 aromatic rings. The zero-order valence-electron chi connectivity index (χ0n) is 23.7. The zero-order valence-corrected chi connectivity index (χ0v) is 26.4. The summed E-state index contributed by atoms with van der Waals surface area (Å²) < 4.78 is 39.9. The molecular weight excluding hydrogens is 489 g/mol. The first-order valence-electron chi connectivity index (χ1n) is 13.6. The first-order valence-corrected chi connectivity index (χ1v) is 20.4. The van der Waals surface area contributed by atoms with E-state index in [1.807, 2.05) is 18.2 Å². The van der Waals surface area contributed by atoms with Crippen LogP contribution in [0.3, 0.4) is 0 Å². The van der Waals surface area contributed by atoms with Gasteiger partial charge < -0.3 is 4.43 Å². The average Bonchev–Trinajstić information content (AvgIpc) is 3.07. The Morgan fingerprint density at radius 1 is 1.14 bits per heavy atom. The molecule has 35 heavy (non-hydrogen) atoms. The van der Waals surface area contributed by atoms with E-state index in [0.717, 1.165) is 50.0 Å². The summed E-state index contributed by atoms with van der Waals surface area (Å²) >= 11 is 0. The van der Waals surface area contributed by atoms with E-state index in [-0.39, 0.29) is 27.7 Å². The third kappa shape index (κ3) is 5.71. The second kappa shape index (κ2) is 10.0. The lowest BCUT2D eigenvalue weighted by molar-refractivity contribution is 0.0237. The first kappa shape index (κ1) is 29.1. The van der Waals surface area contributed by atoms with Crippen LogP contribution in [0.25, 0.3) is 0 Å². The van der Waals surface area contributed by atoms with Gasteiger partial charge in [-0.05, 0) is 73.3 Å². The van der Waals surface area contributed by atoms with Crippen LogP contribution in [-0.4, -0.2) is 41.4 Å². The summed E-state index contributed by atoms with van der Waals surface area (Å²) in [6.07, 6.45) is 7.11. The molecular formula is C28H50NO3PSSi. The summed E-state index contributed by atoms with van der Waals surface area (Å²) in [5.41, 5.74) is -0.424. The van der Waals surface area contributed by atoms with Gasteiger partial charge in [-0.3, -0.25) is 0 Å². The summed E-state index contributed by atoms with van der Waals surface area (Å²) in [6, 6.07) is 10.2.